The molecule has 0 bridgehead atoms. The first-order chi connectivity index (χ1) is 6.81. The average molecular weight is 191 g/mol. The minimum atomic E-state index is -0.104. The van der Waals surface area contributed by atoms with Gasteiger partial charge < -0.3 is 10.4 Å². The molecule has 0 heterocycles. The molecule has 74 valence electrons. The number of aliphatic hydroxyl groups excluding tert-OH is 1. The quantitative estimate of drug-likeness (QED) is 0.697. The topological polar surface area (TPSA) is 49.3 Å². The molecule has 1 aromatic rings. The first-order valence-electron chi connectivity index (χ1n) is 4.82. The fourth-order valence-electron chi connectivity index (χ4n) is 1.83. The summed E-state index contributed by atoms with van der Waals surface area (Å²) in [5.41, 5.74) is 2.75. The predicted octanol–water partition coefficient (Wildman–Crippen LogP) is 1.57. The summed E-state index contributed by atoms with van der Waals surface area (Å²) in [6.45, 7) is -0.104. The number of anilines is 1. The van der Waals surface area contributed by atoms with Crippen LogP contribution in [0.15, 0.2) is 18.2 Å². The van der Waals surface area contributed by atoms with E-state index in [1.165, 1.54) is 0 Å². The zero-order valence-corrected chi connectivity index (χ0v) is 7.92. The van der Waals surface area contributed by atoms with Crippen LogP contribution in [-0.4, -0.2) is 17.6 Å². The summed E-state index contributed by atoms with van der Waals surface area (Å²) in [6, 6.07) is 5.69. The fourth-order valence-corrected chi connectivity index (χ4v) is 1.83. The molecule has 2 N–H and O–H groups in total. The van der Waals surface area contributed by atoms with E-state index in [2.05, 4.69) is 5.32 Å². The SMILES string of the molecule is O=C1CCCc2ccc(NCO)cc21. The summed E-state index contributed by atoms with van der Waals surface area (Å²) in [7, 11) is 0. The highest BCUT2D eigenvalue weighted by Crippen LogP contribution is 2.24. The Balaban J connectivity index is 2.36. The van der Waals surface area contributed by atoms with Crippen molar-refractivity contribution >= 4 is 11.5 Å². The monoisotopic (exact) mass is 191 g/mol. The standard InChI is InChI=1S/C11H13NO2/c13-7-12-9-5-4-8-2-1-3-11(14)10(8)6-9/h4-6,12-13H,1-3,7H2. The van der Waals surface area contributed by atoms with Gasteiger partial charge >= 0.3 is 0 Å². The van der Waals surface area contributed by atoms with Crippen LogP contribution in [0.4, 0.5) is 5.69 Å². The predicted molar refractivity (Wildman–Crippen MR) is 54.4 cm³/mol. The second kappa shape index (κ2) is 3.80. The van der Waals surface area contributed by atoms with Crippen LogP contribution < -0.4 is 5.32 Å². The van der Waals surface area contributed by atoms with Crippen LogP contribution in [-0.2, 0) is 6.42 Å². The minimum absolute atomic E-state index is 0.104. The van der Waals surface area contributed by atoms with Gasteiger partial charge in [-0.2, -0.15) is 0 Å². The maximum Gasteiger partial charge on any atom is 0.163 e. The van der Waals surface area contributed by atoms with Gasteiger partial charge in [0.15, 0.2) is 5.78 Å². The van der Waals surface area contributed by atoms with Crippen molar-refractivity contribution in [1.82, 2.24) is 0 Å². The van der Waals surface area contributed by atoms with Gasteiger partial charge in [-0.25, -0.2) is 0 Å². The first-order valence-corrected chi connectivity index (χ1v) is 4.82. The maximum atomic E-state index is 11.6. The van der Waals surface area contributed by atoms with E-state index in [0.717, 1.165) is 29.7 Å². The molecule has 0 atom stereocenters. The third kappa shape index (κ3) is 1.63. The Hall–Kier alpha value is -1.35. The van der Waals surface area contributed by atoms with Gasteiger partial charge in [-0.15, -0.1) is 0 Å². The van der Waals surface area contributed by atoms with Crippen LogP contribution in [0.1, 0.15) is 28.8 Å². The average Bonchev–Trinajstić information content (AvgIpc) is 2.20. The molecule has 1 aromatic carbocycles. The molecule has 0 fully saturated rings. The molecule has 0 unspecified atom stereocenters. The van der Waals surface area contributed by atoms with Crippen molar-refractivity contribution in [3.8, 4) is 0 Å². The number of ketones is 1. The lowest BCUT2D eigenvalue weighted by Gasteiger charge is -2.15. The van der Waals surface area contributed by atoms with Crippen molar-refractivity contribution in [3.63, 3.8) is 0 Å². The smallest absolute Gasteiger partial charge is 0.163 e. The first kappa shape index (κ1) is 9.21. The molecule has 0 saturated heterocycles. The van der Waals surface area contributed by atoms with Gasteiger partial charge in [0.05, 0.1) is 0 Å². The lowest BCUT2D eigenvalue weighted by molar-refractivity contribution is 0.0972. The van der Waals surface area contributed by atoms with Crippen LogP contribution >= 0.6 is 0 Å². The molecule has 14 heavy (non-hydrogen) atoms. The van der Waals surface area contributed by atoms with Crippen molar-refractivity contribution < 1.29 is 9.90 Å². The Morgan fingerprint density at radius 3 is 3.00 bits per heavy atom. The Bertz CT molecular complexity index is 360. The van der Waals surface area contributed by atoms with E-state index in [9.17, 15) is 4.79 Å². The maximum absolute atomic E-state index is 11.6. The van der Waals surface area contributed by atoms with Crippen LogP contribution in [0.2, 0.25) is 0 Å². The summed E-state index contributed by atoms with van der Waals surface area (Å²) in [5, 5.41) is 11.5. The van der Waals surface area contributed by atoms with Gasteiger partial charge in [0.25, 0.3) is 0 Å². The third-order valence-electron chi connectivity index (χ3n) is 2.54. The molecule has 3 nitrogen and oxygen atoms in total. The summed E-state index contributed by atoms with van der Waals surface area (Å²) >= 11 is 0. The second-order valence-electron chi connectivity index (χ2n) is 3.48. The van der Waals surface area contributed by atoms with Crippen LogP contribution in [0.25, 0.3) is 0 Å². The fraction of sp³-hybridized carbons (Fsp3) is 0.364. The second-order valence-corrected chi connectivity index (χ2v) is 3.48. The number of carbonyl (C=O) groups is 1. The molecule has 3 heteroatoms. The largest absolute Gasteiger partial charge is 0.377 e. The zero-order chi connectivity index (χ0) is 9.97. The normalized spacial score (nSPS) is 15.1. The van der Waals surface area contributed by atoms with Crippen LogP contribution in [0, 0.1) is 0 Å². The number of fused-ring (bicyclic) bond motifs is 1. The Morgan fingerprint density at radius 2 is 2.21 bits per heavy atom. The van der Waals surface area contributed by atoms with Gasteiger partial charge in [0.1, 0.15) is 6.73 Å². The molecule has 0 saturated carbocycles. The number of nitrogens with one attached hydrogen (secondary N) is 1. The molecule has 0 spiro atoms. The number of rotatable bonds is 2. The lowest BCUT2D eigenvalue weighted by atomic mass is 9.90. The third-order valence-corrected chi connectivity index (χ3v) is 2.54. The van der Waals surface area contributed by atoms with E-state index in [4.69, 9.17) is 5.11 Å². The molecule has 0 amide bonds. The number of Topliss-reactive ketones (excluding diaryl/α,β-unsaturated/α-hetero) is 1. The highest BCUT2D eigenvalue weighted by molar-refractivity contribution is 5.99. The van der Waals surface area contributed by atoms with Crippen molar-refractivity contribution in [1.29, 1.82) is 0 Å². The van der Waals surface area contributed by atoms with E-state index < -0.39 is 0 Å². The van der Waals surface area contributed by atoms with E-state index in [1.807, 2.05) is 18.2 Å². The highest BCUT2D eigenvalue weighted by Gasteiger charge is 2.16. The number of benzene rings is 1. The molecule has 0 aliphatic heterocycles. The van der Waals surface area contributed by atoms with Gasteiger partial charge in [-0.3, -0.25) is 4.79 Å². The van der Waals surface area contributed by atoms with Crippen LogP contribution in [0.5, 0.6) is 0 Å². The molecular weight excluding hydrogens is 178 g/mol. The van der Waals surface area contributed by atoms with E-state index in [1.54, 1.807) is 0 Å². The summed E-state index contributed by atoms with van der Waals surface area (Å²) in [6.07, 6.45) is 2.59. The Kier molecular flexibility index (Phi) is 2.50. The molecule has 1 aliphatic carbocycles. The van der Waals surface area contributed by atoms with Crippen LogP contribution in [0.3, 0.4) is 0 Å². The Morgan fingerprint density at radius 1 is 1.36 bits per heavy atom. The van der Waals surface area contributed by atoms with Gasteiger partial charge in [0.2, 0.25) is 0 Å². The molecule has 0 aromatic heterocycles. The summed E-state index contributed by atoms with van der Waals surface area (Å²) in [5.74, 6) is 0.216. The molecular formula is C11H13NO2. The lowest BCUT2D eigenvalue weighted by Crippen LogP contribution is -2.11. The van der Waals surface area contributed by atoms with Crippen molar-refractivity contribution in [2.45, 2.75) is 19.3 Å². The van der Waals surface area contributed by atoms with Crippen molar-refractivity contribution in [2.24, 2.45) is 0 Å². The summed E-state index contributed by atoms with van der Waals surface area (Å²) in [4.78, 5) is 11.6. The molecule has 0 radical (unpaired) electrons. The van der Waals surface area contributed by atoms with Gasteiger partial charge in [-0.1, -0.05) is 6.07 Å². The van der Waals surface area contributed by atoms with Crippen molar-refractivity contribution in [3.05, 3.63) is 29.3 Å². The van der Waals surface area contributed by atoms with E-state index in [-0.39, 0.29) is 12.5 Å². The zero-order valence-electron chi connectivity index (χ0n) is 7.92. The Labute approximate surface area is 82.8 Å². The van der Waals surface area contributed by atoms with Crippen molar-refractivity contribution in [2.75, 3.05) is 12.0 Å². The number of aryl methyl sites for hydroxylation is 1. The number of aliphatic hydroxyl groups is 1. The minimum Gasteiger partial charge on any atom is -0.377 e. The summed E-state index contributed by atoms with van der Waals surface area (Å²) < 4.78 is 0. The molecule has 2 rings (SSSR count). The highest BCUT2D eigenvalue weighted by atomic mass is 16.3. The number of carbonyl (C=O) groups excluding carboxylic acids is 1. The van der Waals surface area contributed by atoms with E-state index >= 15 is 0 Å². The molecule has 1 aliphatic rings. The number of hydrogen-bond acceptors (Lipinski definition) is 3. The van der Waals surface area contributed by atoms with Gasteiger partial charge in [-0.05, 0) is 30.5 Å². The van der Waals surface area contributed by atoms with E-state index in [0.29, 0.717) is 6.42 Å². The van der Waals surface area contributed by atoms with Gasteiger partial charge in [0, 0.05) is 17.7 Å². The number of hydrogen-bond donors (Lipinski definition) is 2.